The Morgan fingerprint density at radius 3 is 2.74 bits per heavy atom. The van der Waals surface area contributed by atoms with Crippen LogP contribution in [0.3, 0.4) is 0 Å². The fourth-order valence-electron chi connectivity index (χ4n) is 3.32. The smallest absolute Gasteiger partial charge is 0.290 e. The van der Waals surface area contributed by atoms with Crippen molar-refractivity contribution in [2.24, 2.45) is 0 Å². The lowest BCUT2D eigenvalue weighted by molar-refractivity contribution is -0.125. The van der Waals surface area contributed by atoms with Gasteiger partial charge in [-0.3, -0.25) is 9.59 Å². The van der Waals surface area contributed by atoms with Crippen molar-refractivity contribution in [3.63, 3.8) is 0 Å². The van der Waals surface area contributed by atoms with E-state index in [1.165, 1.54) is 0 Å². The zero-order valence-electron chi connectivity index (χ0n) is 13.2. The summed E-state index contributed by atoms with van der Waals surface area (Å²) in [5.41, 5.74) is 1.56. The first-order valence-corrected chi connectivity index (χ1v) is 8.24. The van der Waals surface area contributed by atoms with Gasteiger partial charge in [-0.25, -0.2) is 0 Å². The monoisotopic (exact) mass is 312 g/mol. The molecule has 5 nitrogen and oxygen atoms in total. The minimum atomic E-state index is -0.365. The lowest BCUT2D eigenvalue weighted by atomic mass is 10.1. The van der Waals surface area contributed by atoms with Gasteiger partial charge in [-0.2, -0.15) is 0 Å². The lowest BCUT2D eigenvalue weighted by Gasteiger charge is -2.23. The predicted octanol–water partition coefficient (Wildman–Crippen LogP) is 2.62. The molecule has 0 bridgehead atoms. The third kappa shape index (κ3) is 2.50. The van der Waals surface area contributed by atoms with E-state index in [4.69, 9.17) is 4.42 Å². The summed E-state index contributed by atoms with van der Waals surface area (Å²) in [7, 11) is 0. The van der Waals surface area contributed by atoms with Crippen LogP contribution in [-0.4, -0.2) is 35.3 Å². The van der Waals surface area contributed by atoms with Crippen LogP contribution >= 0.6 is 0 Å². The van der Waals surface area contributed by atoms with Crippen molar-refractivity contribution in [1.82, 2.24) is 10.2 Å². The average Bonchev–Trinajstić information content (AvgIpc) is 3.12. The maximum atomic E-state index is 12.9. The van der Waals surface area contributed by atoms with Gasteiger partial charge < -0.3 is 14.6 Å². The van der Waals surface area contributed by atoms with Gasteiger partial charge in [0, 0.05) is 23.5 Å². The van der Waals surface area contributed by atoms with E-state index in [2.05, 4.69) is 5.32 Å². The van der Waals surface area contributed by atoms with E-state index >= 15 is 0 Å². The molecule has 4 rings (SSSR count). The van der Waals surface area contributed by atoms with E-state index in [1.54, 1.807) is 4.90 Å². The molecule has 1 saturated carbocycles. The molecule has 5 heteroatoms. The molecule has 120 valence electrons. The highest BCUT2D eigenvalue weighted by molar-refractivity contribution is 6.01. The number of likely N-dealkylation sites (tertiary alicyclic amines) is 1. The Hall–Kier alpha value is -2.30. The zero-order chi connectivity index (χ0) is 16.0. The summed E-state index contributed by atoms with van der Waals surface area (Å²) in [4.78, 5) is 26.9. The molecule has 1 saturated heterocycles. The quantitative estimate of drug-likeness (QED) is 0.947. The lowest BCUT2D eigenvalue weighted by Crippen LogP contribution is -2.46. The largest absolute Gasteiger partial charge is 0.451 e. The highest BCUT2D eigenvalue weighted by atomic mass is 16.3. The fraction of sp³-hybridized carbons (Fsp3) is 0.444. The second-order valence-electron chi connectivity index (χ2n) is 6.49. The minimum Gasteiger partial charge on any atom is -0.451 e. The molecule has 2 heterocycles. The van der Waals surface area contributed by atoms with Gasteiger partial charge in [-0.15, -0.1) is 0 Å². The topological polar surface area (TPSA) is 62.6 Å². The molecular weight excluding hydrogens is 292 g/mol. The number of benzene rings is 1. The summed E-state index contributed by atoms with van der Waals surface area (Å²) in [5, 5.41) is 3.96. The van der Waals surface area contributed by atoms with Gasteiger partial charge in [-0.1, -0.05) is 18.2 Å². The van der Waals surface area contributed by atoms with Crippen molar-refractivity contribution in [2.45, 2.75) is 44.7 Å². The molecule has 23 heavy (non-hydrogen) atoms. The van der Waals surface area contributed by atoms with Crippen LogP contribution in [-0.2, 0) is 4.79 Å². The number of carbonyl (C=O) groups is 2. The first-order valence-electron chi connectivity index (χ1n) is 8.24. The molecule has 1 aliphatic heterocycles. The summed E-state index contributed by atoms with van der Waals surface area (Å²) in [6, 6.07) is 7.58. The van der Waals surface area contributed by atoms with Gasteiger partial charge in [0.25, 0.3) is 5.91 Å². The number of nitrogens with zero attached hydrogens (tertiary/aromatic N) is 1. The Morgan fingerprint density at radius 1 is 1.22 bits per heavy atom. The van der Waals surface area contributed by atoms with Crippen LogP contribution < -0.4 is 5.32 Å². The van der Waals surface area contributed by atoms with E-state index in [0.717, 1.165) is 36.6 Å². The molecule has 1 aromatic heterocycles. The molecular formula is C18H20N2O3. The highest BCUT2D eigenvalue weighted by Gasteiger charge is 2.38. The van der Waals surface area contributed by atoms with E-state index < -0.39 is 0 Å². The van der Waals surface area contributed by atoms with Crippen molar-refractivity contribution in [3.05, 3.63) is 35.6 Å². The van der Waals surface area contributed by atoms with Crippen molar-refractivity contribution >= 4 is 22.8 Å². The van der Waals surface area contributed by atoms with Crippen LogP contribution in [0.1, 0.15) is 41.8 Å². The number of para-hydroxylation sites is 1. The number of aryl methyl sites for hydroxylation is 1. The molecule has 1 aromatic carbocycles. The third-order valence-electron chi connectivity index (χ3n) is 4.78. The fourth-order valence-corrected chi connectivity index (χ4v) is 3.32. The normalized spacial score (nSPS) is 20.9. The Bertz CT molecular complexity index is 776. The molecule has 2 amide bonds. The third-order valence-corrected chi connectivity index (χ3v) is 4.78. The van der Waals surface area contributed by atoms with Gasteiger partial charge >= 0.3 is 0 Å². The molecule has 1 N–H and O–H groups in total. The van der Waals surface area contributed by atoms with Gasteiger partial charge in [-0.05, 0) is 38.7 Å². The second-order valence-corrected chi connectivity index (χ2v) is 6.49. The first kappa shape index (κ1) is 14.3. The molecule has 2 aromatic rings. The zero-order valence-corrected chi connectivity index (χ0v) is 13.2. The van der Waals surface area contributed by atoms with Crippen LogP contribution in [0.5, 0.6) is 0 Å². The average molecular weight is 312 g/mol. The van der Waals surface area contributed by atoms with Crippen molar-refractivity contribution in [2.75, 3.05) is 6.54 Å². The van der Waals surface area contributed by atoms with Gasteiger partial charge in [0.2, 0.25) is 5.91 Å². The van der Waals surface area contributed by atoms with Crippen LogP contribution in [0, 0.1) is 6.92 Å². The SMILES string of the molecule is Cc1c(C(=O)N2CCCC2C(=O)NC2CC2)oc2ccccc12. The predicted molar refractivity (Wildman–Crippen MR) is 86.2 cm³/mol. The highest BCUT2D eigenvalue weighted by Crippen LogP contribution is 2.29. The number of hydrogen-bond acceptors (Lipinski definition) is 3. The Labute approximate surface area is 134 Å². The number of nitrogens with one attached hydrogen (secondary N) is 1. The van der Waals surface area contributed by atoms with Gasteiger partial charge in [0.1, 0.15) is 11.6 Å². The molecule has 1 unspecified atom stereocenters. The van der Waals surface area contributed by atoms with E-state index in [9.17, 15) is 9.59 Å². The van der Waals surface area contributed by atoms with E-state index in [-0.39, 0.29) is 17.9 Å². The number of carbonyl (C=O) groups excluding carboxylic acids is 2. The van der Waals surface area contributed by atoms with Gasteiger partial charge in [0.15, 0.2) is 5.76 Å². The van der Waals surface area contributed by atoms with Crippen LogP contribution in [0.15, 0.2) is 28.7 Å². The summed E-state index contributed by atoms with van der Waals surface area (Å²) in [5.74, 6) is 0.164. The second kappa shape index (κ2) is 5.41. The van der Waals surface area contributed by atoms with Crippen molar-refractivity contribution in [1.29, 1.82) is 0 Å². The first-order chi connectivity index (χ1) is 11.1. The molecule has 1 atom stereocenters. The van der Waals surface area contributed by atoms with Crippen LogP contribution in [0.2, 0.25) is 0 Å². The van der Waals surface area contributed by atoms with E-state index in [0.29, 0.717) is 23.9 Å². The maximum absolute atomic E-state index is 12.9. The molecule has 2 fully saturated rings. The maximum Gasteiger partial charge on any atom is 0.290 e. The minimum absolute atomic E-state index is 0.0212. The van der Waals surface area contributed by atoms with Gasteiger partial charge in [0.05, 0.1) is 0 Å². The Kier molecular flexibility index (Phi) is 3.36. The number of hydrogen-bond donors (Lipinski definition) is 1. The Morgan fingerprint density at radius 2 is 2.00 bits per heavy atom. The summed E-state index contributed by atoms with van der Waals surface area (Å²) >= 11 is 0. The standard InChI is InChI=1S/C18H20N2O3/c1-11-13-5-2-3-7-15(13)23-16(11)18(22)20-10-4-6-14(20)17(21)19-12-8-9-12/h2-3,5,7,12,14H,4,6,8-10H2,1H3,(H,19,21). The number of rotatable bonds is 3. The van der Waals surface area contributed by atoms with Crippen LogP contribution in [0.4, 0.5) is 0 Å². The van der Waals surface area contributed by atoms with Crippen molar-refractivity contribution < 1.29 is 14.0 Å². The van der Waals surface area contributed by atoms with Crippen molar-refractivity contribution in [3.8, 4) is 0 Å². The number of amides is 2. The summed E-state index contributed by atoms with van der Waals surface area (Å²) in [6.45, 7) is 2.51. The van der Waals surface area contributed by atoms with Crippen LogP contribution in [0.25, 0.3) is 11.0 Å². The molecule has 1 aliphatic carbocycles. The summed E-state index contributed by atoms with van der Waals surface area (Å²) in [6.07, 6.45) is 3.68. The Balaban J connectivity index is 1.61. The number of fused-ring (bicyclic) bond motifs is 1. The number of furan rings is 1. The molecule has 0 spiro atoms. The molecule has 2 aliphatic rings. The molecule has 0 radical (unpaired) electrons. The van der Waals surface area contributed by atoms with E-state index in [1.807, 2.05) is 31.2 Å². The summed E-state index contributed by atoms with van der Waals surface area (Å²) < 4.78 is 5.77.